The molecule has 1 atom stereocenters. The molecule has 94 valence electrons. The molecular weight excluding hydrogens is 228 g/mol. The monoisotopic (exact) mass is 250 g/mol. The van der Waals surface area contributed by atoms with Crippen LogP contribution in [-0.4, -0.2) is 17.6 Å². The van der Waals surface area contributed by atoms with E-state index >= 15 is 0 Å². The SMILES string of the molecule is c1sc(C2CCCC2)nc1CC1CCCCN1. The van der Waals surface area contributed by atoms with Crippen LogP contribution in [0.25, 0.3) is 0 Å². The van der Waals surface area contributed by atoms with Crippen molar-refractivity contribution in [3.05, 3.63) is 16.1 Å². The molecule has 0 spiro atoms. The minimum atomic E-state index is 0.683. The molecule has 1 aliphatic heterocycles. The Bertz CT molecular complexity index is 349. The average molecular weight is 250 g/mol. The fourth-order valence-electron chi connectivity index (χ4n) is 3.13. The summed E-state index contributed by atoms with van der Waals surface area (Å²) >= 11 is 1.90. The summed E-state index contributed by atoms with van der Waals surface area (Å²) < 4.78 is 0. The summed E-state index contributed by atoms with van der Waals surface area (Å²) in [5, 5.41) is 7.32. The number of thiazole rings is 1. The third-order valence-corrected chi connectivity index (χ3v) is 5.20. The Morgan fingerprint density at radius 1 is 1.18 bits per heavy atom. The van der Waals surface area contributed by atoms with Gasteiger partial charge in [0.05, 0.1) is 10.7 Å². The minimum Gasteiger partial charge on any atom is -0.314 e. The molecule has 2 aliphatic rings. The highest BCUT2D eigenvalue weighted by atomic mass is 32.1. The van der Waals surface area contributed by atoms with Crippen LogP contribution in [0.5, 0.6) is 0 Å². The first-order valence-corrected chi connectivity index (χ1v) is 7.97. The van der Waals surface area contributed by atoms with Crippen LogP contribution in [-0.2, 0) is 6.42 Å². The summed E-state index contributed by atoms with van der Waals surface area (Å²) in [6.45, 7) is 1.20. The van der Waals surface area contributed by atoms with E-state index in [4.69, 9.17) is 4.98 Å². The van der Waals surface area contributed by atoms with E-state index in [9.17, 15) is 0 Å². The first-order chi connectivity index (χ1) is 8.42. The van der Waals surface area contributed by atoms with Crippen molar-refractivity contribution in [2.75, 3.05) is 6.54 Å². The van der Waals surface area contributed by atoms with E-state index in [1.54, 1.807) is 0 Å². The molecule has 1 saturated heterocycles. The van der Waals surface area contributed by atoms with Crippen molar-refractivity contribution in [2.24, 2.45) is 0 Å². The topological polar surface area (TPSA) is 24.9 Å². The standard InChI is InChI=1S/C14H22N2S/c1-2-6-11(5-1)14-16-13(10-17-14)9-12-7-3-4-8-15-12/h10-12,15H,1-9H2. The second-order valence-corrected chi connectivity index (χ2v) is 6.40. The Hall–Kier alpha value is -0.410. The van der Waals surface area contributed by atoms with Gasteiger partial charge in [-0.25, -0.2) is 4.98 Å². The smallest absolute Gasteiger partial charge is 0.0959 e. The van der Waals surface area contributed by atoms with Crippen molar-refractivity contribution >= 4 is 11.3 Å². The number of hydrogen-bond acceptors (Lipinski definition) is 3. The summed E-state index contributed by atoms with van der Waals surface area (Å²) in [5.74, 6) is 0.785. The number of piperidine rings is 1. The molecule has 0 radical (unpaired) electrons. The van der Waals surface area contributed by atoms with Crippen molar-refractivity contribution in [1.82, 2.24) is 10.3 Å². The number of nitrogens with one attached hydrogen (secondary N) is 1. The maximum atomic E-state index is 4.86. The lowest BCUT2D eigenvalue weighted by molar-refractivity contribution is 0.397. The molecule has 1 aromatic rings. The minimum absolute atomic E-state index is 0.683. The van der Waals surface area contributed by atoms with E-state index in [-0.39, 0.29) is 0 Å². The second kappa shape index (κ2) is 5.49. The van der Waals surface area contributed by atoms with Gasteiger partial charge in [-0.3, -0.25) is 0 Å². The zero-order valence-electron chi connectivity index (χ0n) is 10.5. The third kappa shape index (κ3) is 2.89. The highest BCUT2D eigenvalue weighted by Crippen LogP contribution is 2.35. The first kappa shape index (κ1) is 11.7. The van der Waals surface area contributed by atoms with Crippen LogP contribution < -0.4 is 5.32 Å². The zero-order valence-corrected chi connectivity index (χ0v) is 11.3. The molecule has 0 bridgehead atoms. The number of aromatic nitrogens is 1. The van der Waals surface area contributed by atoms with Gasteiger partial charge in [0.1, 0.15) is 0 Å². The fourth-order valence-corrected chi connectivity index (χ4v) is 4.13. The molecule has 2 fully saturated rings. The van der Waals surface area contributed by atoms with Crippen molar-refractivity contribution < 1.29 is 0 Å². The Kier molecular flexibility index (Phi) is 3.77. The van der Waals surface area contributed by atoms with E-state index in [2.05, 4.69) is 10.7 Å². The van der Waals surface area contributed by atoms with Gasteiger partial charge in [-0.1, -0.05) is 19.3 Å². The molecular formula is C14H22N2S. The number of nitrogens with zero attached hydrogens (tertiary/aromatic N) is 1. The van der Waals surface area contributed by atoms with Crippen LogP contribution in [0.1, 0.15) is 61.6 Å². The van der Waals surface area contributed by atoms with Gasteiger partial charge in [-0.2, -0.15) is 0 Å². The fraction of sp³-hybridized carbons (Fsp3) is 0.786. The molecule has 1 N–H and O–H groups in total. The maximum Gasteiger partial charge on any atom is 0.0959 e. The average Bonchev–Trinajstić information content (AvgIpc) is 3.00. The second-order valence-electron chi connectivity index (χ2n) is 5.51. The molecule has 1 saturated carbocycles. The van der Waals surface area contributed by atoms with Gasteiger partial charge < -0.3 is 5.32 Å². The molecule has 17 heavy (non-hydrogen) atoms. The normalized spacial score (nSPS) is 26.5. The molecule has 1 unspecified atom stereocenters. The van der Waals surface area contributed by atoms with Crippen molar-refractivity contribution in [2.45, 2.75) is 63.3 Å². The van der Waals surface area contributed by atoms with E-state index in [1.807, 2.05) is 11.3 Å². The lowest BCUT2D eigenvalue weighted by Crippen LogP contribution is -2.35. The lowest BCUT2D eigenvalue weighted by atomic mass is 10.0. The van der Waals surface area contributed by atoms with Gasteiger partial charge in [0, 0.05) is 23.8 Å². The summed E-state index contributed by atoms with van der Waals surface area (Å²) in [5.41, 5.74) is 1.33. The molecule has 2 nitrogen and oxygen atoms in total. The van der Waals surface area contributed by atoms with Crippen LogP contribution >= 0.6 is 11.3 Å². The van der Waals surface area contributed by atoms with E-state index in [0.29, 0.717) is 6.04 Å². The highest BCUT2D eigenvalue weighted by Gasteiger charge is 2.21. The predicted molar refractivity (Wildman–Crippen MR) is 72.7 cm³/mol. The van der Waals surface area contributed by atoms with Crippen LogP contribution in [0.3, 0.4) is 0 Å². The van der Waals surface area contributed by atoms with Gasteiger partial charge in [0.25, 0.3) is 0 Å². The number of rotatable bonds is 3. The van der Waals surface area contributed by atoms with E-state index in [0.717, 1.165) is 12.3 Å². The summed E-state index contributed by atoms with van der Waals surface area (Å²) in [7, 11) is 0. The quantitative estimate of drug-likeness (QED) is 0.888. The summed E-state index contributed by atoms with van der Waals surface area (Å²) in [6.07, 6.45) is 10.8. The Morgan fingerprint density at radius 2 is 2.00 bits per heavy atom. The maximum absolute atomic E-state index is 4.86. The van der Waals surface area contributed by atoms with Crippen LogP contribution in [0.4, 0.5) is 0 Å². The molecule has 0 amide bonds. The van der Waals surface area contributed by atoms with Crippen LogP contribution in [0, 0.1) is 0 Å². The van der Waals surface area contributed by atoms with Gasteiger partial charge >= 0.3 is 0 Å². The highest BCUT2D eigenvalue weighted by molar-refractivity contribution is 7.09. The lowest BCUT2D eigenvalue weighted by Gasteiger charge is -2.22. The number of hydrogen-bond donors (Lipinski definition) is 1. The molecule has 1 aliphatic carbocycles. The summed E-state index contributed by atoms with van der Waals surface area (Å²) in [4.78, 5) is 4.86. The van der Waals surface area contributed by atoms with E-state index < -0.39 is 0 Å². The zero-order chi connectivity index (χ0) is 11.5. The van der Waals surface area contributed by atoms with Crippen molar-refractivity contribution in [3.63, 3.8) is 0 Å². The summed E-state index contributed by atoms with van der Waals surface area (Å²) in [6, 6.07) is 0.683. The predicted octanol–water partition coefficient (Wildman–Crippen LogP) is 3.49. The molecule has 3 rings (SSSR count). The van der Waals surface area contributed by atoms with Gasteiger partial charge in [-0.05, 0) is 32.2 Å². The molecule has 3 heteroatoms. The van der Waals surface area contributed by atoms with Crippen LogP contribution in [0.15, 0.2) is 5.38 Å². The molecule has 1 aromatic heterocycles. The Balaban J connectivity index is 1.59. The third-order valence-electron chi connectivity index (χ3n) is 4.14. The van der Waals surface area contributed by atoms with Gasteiger partial charge in [0.15, 0.2) is 0 Å². The largest absolute Gasteiger partial charge is 0.314 e. The first-order valence-electron chi connectivity index (χ1n) is 7.09. The molecule has 0 aromatic carbocycles. The molecule has 2 heterocycles. The van der Waals surface area contributed by atoms with Gasteiger partial charge in [0.2, 0.25) is 0 Å². The Labute approximate surface area is 108 Å². The van der Waals surface area contributed by atoms with Crippen molar-refractivity contribution in [3.8, 4) is 0 Å². The van der Waals surface area contributed by atoms with Crippen LogP contribution in [0.2, 0.25) is 0 Å². The Morgan fingerprint density at radius 3 is 2.76 bits per heavy atom. The van der Waals surface area contributed by atoms with E-state index in [1.165, 1.54) is 62.2 Å². The van der Waals surface area contributed by atoms with Crippen molar-refractivity contribution in [1.29, 1.82) is 0 Å². The van der Waals surface area contributed by atoms with Gasteiger partial charge in [-0.15, -0.1) is 11.3 Å².